The molecular formula is C21H23N3O3. The fraction of sp³-hybridized carbons (Fsp3) is 0.238. The second-order valence-electron chi connectivity index (χ2n) is 6.51. The summed E-state index contributed by atoms with van der Waals surface area (Å²) in [6, 6.07) is 15.5. The third kappa shape index (κ3) is 4.24. The molecule has 4 N–H and O–H groups in total. The Balaban J connectivity index is 1.90. The van der Waals surface area contributed by atoms with Gasteiger partial charge in [0.05, 0.1) is 12.6 Å². The number of nitrogens with zero attached hydrogens (tertiary/aromatic N) is 1. The smallest absolute Gasteiger partial charge is 0.242 e. The quantitative estimate of drug-likeness (QED) is 0.528. The van der Waals surface area contributed by atoms with Gasteiger partial charge in [0, 0.05) is 30.1 Å². The van der Waals surface area contributed by atoms with Crippen molar-refractivity contribution in [3.8, 4) is 0 Å². The van der Waals surface area contributed by atoms with E-state index in [4.69, 9.17) is 5.73 Å². The Hall–Kier alpha value is -2.96. The summed E-state index contributed by atoms with van der Waals surface area (Å²) in [6.07, 6.45) is 3.00. The zero-order chi connectivity index (χ0) is 19.2. The molecule has 3 rings (SSSR count). The largest absolute Gasteiger partial charge is 0.394 e. The van der Waals surface area contributed by atoms with Gasteiger partial charge in [0.15, 0.2) is 0 Å². The number of hydrogen-bond donors (Lipinski definition) is 3. The second kappa shape index (κ2) is 8.62. The summed E-state index contributed by atoms with van der Waals surface area (Å²) in [4.78, 5) is 29.3. The van der Waals surface area contributed by atoms with Crippen LogP contribution >= 0.6 is 0 Å². The maximum Gasteiger partial charge on any atom is 0.242 e. The molecule has 1 amide bonds. The monoisotopic (exact) mass is 365 g/mol. The fourth-order valence-electron chi connectivity index (χ4n) is 3.19. The highest BCUT2D eigenvalue weighted by molar-refractivity contribution is 5.86. The van der Waals surface area contributed by atoms with Gasteiger partial charge in [-0.15, -0.1) is 0 Å². The van der Waals surface area contributed by atoms with E-state index in [0.717, 1.165) is 28.3 Å². The summed E-state index contributed by atoms with van der Waals surface area (Å²) in [7, 11) is 0. The number of rotatable bonds is 8. The number of aliphatic hydroxyl groups excluding tert-OH is 1. The third-order valence-corrected chi connectivity index (χ3v) is 4.65. The number of fused-ring (bicyclic) bond motifs is 1. The third-order valence-electron chi connectivity index (χ3n) is 4.65. The Kier molecular flexibility index (Phi) is 6.01. The van der Waals surface area contributed by atoms with E-state index in [1.165, 1.54) is 4.90 Å². The number of aromatic nitrogens is 1. The van der Waals surface area contributed by atoms with E-state index in [1.807, 2.05) is 60.8 Å². The number of aliphatic hydroxyl groups is 1. The number of aromatic amines is 1. The van der Waals surface area contributed by atoms with Crippen LogP contribution < -0.4 is 5.73 Å². The van der Waals surface area contributed by atoms with Gasteiger partial charge >= 0.3 is 0 Å². The van der Waals surface area contributed by atoms with Crippen molar-refractivity contribution in [1.82, 2.24) is 9.88 Å². The number of nitrogens with one attached hydrogen (secondary N) is 1. The van der Waals surface area contributed by atoms with Gasteiger partial charge in [-0.1, -0.05) is 48.5 Å². The number of hydrogen-bond acceptors (Lipinski definition) is 4. The molecule has 2 aromatic carbocycles. The minimum atomic E-state index is -1.06. The maximum absolute atomic E-state index is 12.7. The number of aldehydes is 1. The maximum atomic E-state index is 12.7. The summed E-state index contributed by atoms with van der Waals surface area (Å²) in [6.45, 7) is -0.220. The Bertz CT molecular complexity index is 907. The number of benzene rings is 2. The van der Waals surface area contributed by atoms with Gasteiger partial charge in [0.25, 0.3) is 0 Å². The van der Waals surface area contributed by atoms with Crippen LogP contribution in [0.1, 0.15) is 11.1 Å². The highest BCUT2D eigenvalue weighted by Gasteiger charge is 2.28. The van der Waals surface area contributed by atoms with Crippen molar-refractivity contribution in [1.29, 1.82) is 0 Å². The van der Waals surface area contributed by atoms with Crippen molar-refractivity contribution in [2.75, 3.05) is 6.61 Å². The zero-order valence-corrected chi connectivity index (χ0v) is 14.9. The fourth-order valence-corrected chi connectivity index (χ4v) is 3.19. The zero-order valence-electron chi connectivity index (χ0n) is 14.9. The van der Waals surface area contributed by atoms with Gasteiger partial charge < -0.3 is 25.5 Å². The summed E-state index contributed by atoms with van der Waals surface area (Å²) in [5.41, 5.74) is 8.58. The van der Waals surface area contributed by atoms with Crippen molar-refractivity contribution in [2.45, 2.75) is 25.0 Å². The highest BCUT2D eigenvalue weighted by Crippen LogP contribution is 2.21. The van der Waals surface area contributed by atoms with Crippen LogP contribution in [0.5, 0.6) is 0 Å². The SMILES string of the molecule is N[C@@H](CO)C(=O)N(Cc1ccccc1)[C@H](C=O)Cc1c[nH]c2ccccc12. The Morgan fingerprint density at radius 1 is 1.15 bits per heavy atom. The first kappa shape index (κ1) is 18.8. The molecule has 6 nitrogen and oxygen atoms in total. The van der Waals surface area contributed by atoms with Crippen LogP contribution in [0.25, 0.3) is 10.9 Å². The summed E-state index contributed by atoms with van der Waals surface area (Å²) >= 11 is 0. The van der Waals surface area contributed by atoms with Crippen LogP contribution in [0.15, 0.2) is 60.8 Å². The van der Waals surface area contributed by atoms with E-state index in [0.29, 0.717) is 6.42 Å². The van der Waals surface area contributed by atoms with E-state index < -0.39 is 24.6 Å². The second-order valence-corrected chi connectivity index (χ2v) is 6.51. The molecule has 27 heavy (non-hydrogen) atoms. The molecule has 3 aromatic rings. The molecule has 0 aliphatic carbocycles. The van der Waals surface area contributed by atoms with Gasteiger partial charge in [0.1, 0.15) is 12.3 Å². The summed E-state index contributed by atoms with van der Waals surface area (Å²) in [5, 5.41) is 10.3. The van der Waals surface area contributed by atoms with E-state index in [1.54, 1.807) is 0 Å². The van der Waals surface area contributed by atoms with Gasteiger partial charge in [-0.05, 0) is 17.2 Å². The molecule has 0 unspecified atom stereocenters. The predicted octanol–water partition coefficient (Wildman–Crippen LogP) is 1.63. The van der Waals surface area contributed by atoms with E-state index in [-0.39, 0.29) is 6.54 Å². The van der Waals surface area contributed by atoms with Crippen LogP contribution in [0.2, 0.25) is 0 Å². The van der Waals surface area contributed by atoms with Crippen molar-refractivity contribution in [2.24, 2.45) is 5.73 Å². The van der Waals surface area contributed by atoms with Crippen LogP contribution in [0.4, 0.5) is 0 Å². The summed E-state index contributed by atoms with van der Waals surface area (Å²) in [5.74, 6) is -0.446. The standard InChI is InChI=1S/C21H23N3O3/c22-19(14-26)21(27)24(12-15-6-2-1-3-7-15)17(13-25)10-16-11-23-20-9-5-4-8-18(16)20/h1-9,11,13,17,19,23,26H,10,12,14,22H2/t17-,19-/m0/s1. The molecule has 0 saturated carbocycles. The van der Waals surface area contributed by atoms with E-state index in [9.17, 15) is 14.7 Å². The molecule has 0 fully saturated rings. The molecule has 0 aliphatic heterocycles. The molecule has 0 spiro atoms. The normalized spacial score (nSPS) is 13.3. The molecule has 1 aromatic heterocycles. The topological polar surface area (TPSA) is 99.4 Å². The lowest BCUT2D eigenvalue weighted by molar-refractivity contribution is -0.139. The lowest BCUT2D eigenvalue weighted by Gasteiger charge is -2.30. The first-order chi connectivity index (χ1) is 13.1. The predicted molar refractivity (Wildman–Crippen MR) is 104 cm³/mol. The van der Waals surface area contributed by atoms with Gasteiger partial charge in [-0.3, -0.25) is 4.79 Å². The van der Waals surface area contributed by atoms with Crippen LogP contribution in [0.3, 0.4) is 0 Å². The molecule has 2 atom stereocenters. The van der Waals surface area contributed by atoms with Gasteiger partial charge in [-0.25, -0.2) is 0 Å². The van der Waals surface area contributed by atoms with E-state index >= 15 is 0 Å². The van der Waals surface area contributed by atoms with Gasteiger partial charge in [0.2, 0.25) is 5.91 Å². The van der Waals surface area contributed by atoms with Crippen molar-refractivity contribution >= 4 is 23.1 Å². The molecule has 140 valence electrons. The first-order valence-electron chi connectivity index (χ1n) is 8.85. The average molecular weight is 365 g/mol. The Morgan fingerprint density at radius 3 is 2.56 bits per heavy atom. The number of carbonyl (C=O) groups is 2. The summed E-state index contributed by atoms with van der Waals surface area (Å²) < 4.78 is 0. The van der Waals surface area contributed by atoms with Crippen molar-refractivity contribution in [3.63, 3.8) is 0 Å². The Labute approximate surface area is 157 Å². The van der Waals surface area contributed by atoms with E-state index in [2.05, 4.69) is 4.98 Å². The molecule has 0 saturated heterocycles. The molecule has 6 heteroatoms. The lowest BCUT2D eigenvalue weighted by atomic mass is 10.0. The Morgan fingerprint density at radius 2 is 1.85 bits per heavy atom. The highest BCUT2D eigenvalue weighted by atomic mass is 16.3. The number of amides is 1. The minimum Gasteiger partial charge on any atom is -0.394 e. The van der Waals surface area contributed by atoms with Crippen molar-refractivity contribution in [3.05, 3.63) is 71.9 Å². The lowest BCUT2D eigenvalue weighted by Crippen LogP contribution is -2.51. The number of carbonyl (C=O) groups excluding carboxylic acids is 2. The molecule has 1 heterocycles. The molecular weight excluding hydrogens is 342 g/mol. The molecule has 0 radical (unpaired) electrons. The average Bonchev–Trinajstić information content (AvgIpc) is 3.13. The number of nitrogens with two attached hydrogens (primary N) is 1. The number of para-hydroxylation sites is 1. The first-order valence-corrected chi connectivity index (χ1v) is 8.85. The van der Waals surface area contributed by atoms with Crippen LogP contribution in [-0.2, 0) is 22.6 Å². The molecule has 0 bridgehead atoms. The van der Waals surface area contributed by atoms with Gasteiger partial charge in [-0.2, -0.15) is 0 Å². The van der Waals surface area contributed by atoms with Crippen LogP contribution in [-0.4, -0.2) is 45.9 Å². The minimum absolute atomic E-state index is 0.249. The van der Waals surface area contributed by atoms with Crippen molar-refractivity contribution < 1.29 is 14.7 Å². The number of H-pyrrole nitrogens is 1. The van der Waals surface area contributed by atoms with Crippen LogP contribution in [0, 0.1) is 0 Å². The molecule has 0 aliphatic rings.